The molecule has 0 aliphatic carbocycles. The summed E-state index contributed by atoms with van der Waals surface area (Å²) in [6.45, 7) is 5.56. The largest absolute Gasteiger partial charge is 0.294 e. The molecule has 1 aromatic carbocycles. The molecule has 2 heteroatoms. The van der Waals surface area contributed by atoms with Crippen molar-refractivity contribution in [3.05, 3.63) is 41.7 Å². The lowest BCUT2D eigenvalue weighted by molar-refractivity contribution is -0.121. The fourth-order valence-corrected chi connectivity index (χ4v) is 1.03. The number of halogens is 1. The highest BCUT2D eigenvalue weighted by molar-refractivity contribution is 5.97. The van der Waals surface area contributed by atoms with Gasteiger partial charge in [-0.2, -0.15) is 0 Å². The van der Waals surface area contributed by atoms with Gasteiger partial charge in [-0.15, -0.1) is 0 Å². The second-order valence-electron chi connectivity index (χ2n) is 4.50. The number of carbonyl (C=O) groups excluding carboxylic acids is 1. The summed E-state index contributed by atoms with van der Waals surface area (Å²) in [6.07, 6.45) is 3.13. The van der Waals surface area contributed by atoms with Crippen LogP contribution in [0.5, 0.6) is 0 Å². The predicted molar refractivity (Wildman–Crippen MR) is 59.9 cm³/mol. The Morgan fingerprint density at radius 3 is 2.53 bits per heavy atom. The van der Waals surface area contributed by atoms with Gasteiger partial charge in [0, 0.05) is 5.41 Å². The van der Waals surface area contributed by atoms with Crippen molar-refractivity contribution in [3.8, 4) is 0 Å². The van der Waals surface area contributed by atoms with Crippen LogP contribution in [0.1, 0.15) is 26.3 Å². The van der Waals surface area contributed by atoms with Gasteiger partial charge in [-0.05, 0) is 23.8 Å². The minimum atomic E-state index is -0.385. The van der Waals surface area contributed by atoms with Crippen molar-refractivity contribution in [1.82, 2.24) is 0 Å². The highest BCUT2D eigenvalue weighted by atomic mass is 19.1. The van der Waals surface area contributed by atoms with E-state index in [0.717, 1.165) is 0 Å². The van der Waals surface area contributed by atoms with E-state index >= 15 is 0 Å². The first kappa shape index (κ1) is 11.6. The van der Waals surface area contributed by atoms with Gasteiger partial charge in [0.1, 0.15) is 5.82 Å². The van der Waals surface area contributed by atoms with Gasteiger partial charge < -0.3 is 0 Å². The molecule has 0 amide bonds. The third kappa shape index (κ3) is 3.66. The average molecular weight is 206 g/mol. The van der Waals surface area contributed by atoms with E-state index in [1.165, 1.54) is 18.2 Å². The van der Waals surface area contributed by atoms with Gasteiger partial charge in [0.15, 0.2) is 5.78 Å². The maximum atomic E-state index is 12.8. The SMILES string of the molecule is CC(C)(C)C(=O)/C=C\c1cccc(F)c1. The molecule has 0 radical (unpaired) electrons. The van der Waals surface area contributed by atoms with Crippen LogP contribution in [0.2, 0.25) is 0 Å². The van der Waals surface area contributed by atoms with E-state index in [-0.39, 0.29) is 17.0 Å². The Bertz CT molecular complexity index is 386. The zero-order chi connectivity index (χ0) is 11.5. The fraction of sp³-hybridized carbons (Fsp3) is 0.308. The van der Waals surface area contributed by atoms with Crippen molar-refractivity contribution < 1.29 is 9.18 Å². The summed E-state index contributed by atoms with van der Waals surface area (Å²) in [4.78, 5) is 11.5. The summed E-state index contributed by atoms with van der Waals surface area (Å²) in [6, 6.07) is 6.15. The van der Waals surface area contributed by atoms with Crippen LogP contribution < -0.4 is 0 Å². The van der Waals surface area contributed by atoms with Crippen LogP contribution in [0.3, 0.4) is 0 Å². The molecule has 0 saturated heterocycles. The Hall–Kier alpha value is -1.44. The van der Waals surface area contributed by atoms with E-state index in [2.05, 4.69) is 0 Å². The Balaban J connectivity index is 2.79. The Morgan fingerprint density at radius 2 is 2.00 bits per heavy atom. The summed E-state index contributed by atoms with van der Waals surface area (Å²) < 4.78 is 12.8. The molecule has 0 aromatic heterocycles. The second kappa shape index (κ2) is 4.39. The predicted octanol–water partition coefficient (Wildman–Crippen LogP) is 3.45. The van der Waals surface area contributed by atoms with Gasteiger partial charge in [-0.25, -0.2) is 4.39 Å². The summed E-state index contributed by atoms with van der Waals surface area (Å²) in [5.41, 5.74) is 0.316. The molecule has 1 rings (SSSR count). The van der Waals surface area contributed by atoms with Gasteiger partial charge in [0.05, 0.1) is 0 Å². The topological polar surface area (TPSA) is 17.1 Å². The molecular formula is C13H15FO. The third-order valence-corrected chi connectivity index (χ3v) is 2.02. The van der Waals surface area contributed by atoms with Gasteiger partial charge in [-0.1, -0.05) is 39.0 Å². The van der Waals surface area contributed by atoms with Crippen LogP contribution in [0, 0.1) is 11.2 Å². The van der Waals surface area contributed by atoms with Crippen LogP contribution in [0.25, 0.3) is 6.08 Å². The highest BCUT2D eigenvalue weighted by Crippen LogP contribution is 2.16. The summed E-state index contributed by atoms with van der Waals surface area (Å²) in [5, 5.41) is 0. The molecule has 15 heavy (non-hydrogen) atoms. The molecule has 0 saturated carbocycles. The number of benzene rings is 1. The average Bonchev–Trinajstić information content (AvgIpc) is 2.12. The molecule has 0 spiro atoms. The molecule has 0 unspecified atom stereocenters. The Morgan fingerprint density at radius 1 is 1.33 bits per heavy atom. The molecule has 80 valence electrons. The maximum absolute atomic E-state index is 12.8. The van der Waals surface area contributed by atoms with E-state index < -0.39 is 0 Å². The Labute approximate surface area is 89.6 Å². The van der Waals surface area contributed by atoms with E-state index in [1.807, 2.05) is 20.8 Å². The Kier molecular flexibility index (Phi) is 3.40. The standard InChI is InChI=1S/C13H15FO/c1-13(2,3)12(15)8-7-10-5-4-6-11(14)9-10/h4-9H,1-3H3/b8-7-. The number of carbonyl (C=O) groups is 1. The lowest BCUT2D eigenvalue weighted by Gasteiger charge is -2.12. The fourth-order valence-electron chi connectivity index (χ4n) is 1.03. The normalized spacial score (nSPS) is 12.0. The van der Waals surface area contributed by atoms with Crippen LogP contribution >= 0.6 is 0 Å². The monoisotopic (exact) mass is 206 g/mol. The van der Waals surface area contributed by atoms with Gasteiger partial charge in [-0.3, -0.25) is 4.79 Å². The van der Waals surface area contributed by atoms with Crippen molar-refractivity contribution in [2.24, 2.45) is 5.41 Å². The maximum Gasteiger partial charge on any atom is 0.161 e. The van der Waals surface area contributed by atoms with Crippen molar-refractivity contribution in [3.63, 3.8) is 0 Å². The second-order valence-corrected chi connectivity index (χ2v) is 4.50. The van der Waals surface area contributed by atoms with Crippen molar-refractivity contribution in [2.45, 2.75) is 20.8 Å². The summed E-state index contributed by atoms with van der Waals surface area (Å²) in [5.74, 6) is -0.257. The molecule has 1 nitrogen and oxygen atoms in total. The number of allylic oxidation sites excluding steroid dienone is 1. The quantitative estimate of drug-likeness (QED) is 0.677. The number of hydrogen-bond acceptors (Lipinski definition) is 1. The molecular weight excluding hydrogens is 191 g/mol. The molecule has 1 aromatic rings. The lowest BCUT2D eigenvalue weighted by Crippen LogP contribution is -2.17. The van der Waals surface area contributed by atoms with Gasteiger partial charge in [0.2, 0.25) is 0 Å². The molecule has 0 aliphatic rings. The van der Waals surface area contributed by atoms with Crippen LogP contribution in [0.15, 0.2) is 30.3 Å². The minimum absolute atomic E-state index is 0.0340. The third-order valence-electron chi connectivity index (χ3n) is 2.02. The summed E-state index contributed by atoms with van der Waals surface area (Å²) in [7, 11) is 0. The summed E-state index contributed by atoms with van der Waals surface area (Å²) >= 11 is 0. The van der Waals surface area contributed by atoms with Crippen LogP contribution in [-0.4, -0.2) is 5.78 Å². The van der Waals surface area contributed by atoms with Crippen LogP contribution in [-0.2, 0) is 4.79 Å². The van der Waals surface area contributed by atoms with Gasteiger partial charge in [0.25, 0.3) is 0 Å². The molecule has 0 heterocycles. The molecule has 0 atom stereocenters. The zero-order valence-corrected chi connectivity index (χ0v) is 9.25. The number of ketones is 1. The minimum Gasteiger partial charge on any atom is -0.294 e. The first-order valence-electron chi connectivity index (χ1n) is 4.88. The van der Waals surface area contributed by atoms with E-state index in [1.54, 1.807) is 18.2 Å². The van der Waals surface area contributed by atoms with E-state index in [0.29, 0.717) is 5.56 Å². The smallest absolute Gasteiger partial charge is 0.161 e. The molecule has 0 aliphatic heterocycles. The zero-order valence-electron chi connectivity index (χ0n) is 9.25. The first-order valence-corrected chi connectivity index (χ1v) is 4.88. The molecule has 0 bridgehead atoms. The first-order chi connectivity index (χ1) is 6.89. The van der Waals surface area contributed by atoms with E-state index in [9.17, 15) is 9.18 Å². The van der Waals surface area contributed by atoms with Crippen molar-refractivity contribution >= 4 is 11.9 Å². The van der Waals surface area contributed by atoms with Gasteiger partial charge >= 0.3 is 0 Å². The highest BCUT2D eigenvalue weighted by Gasteiger charge is 2.17. The van der Waals surface area contributed by atoms with Crippen molar-refractivity contribution in [1.29, 1.82) is 0 Å². The molecule has 0 N–H and O–H groups in total. The number of rotatable bonds is 2. The number of hydrogen-bond donors (Lipinski definition) is 0. The van der Waals surface area contributed by atoms with E-state index in [4.69, 9.17) is 0 Å². The molecule has 0 fully saturated rings. The van der Waals surface area contributed by atoms with Crippen LogP contribution in [0.4, 0.5) is 4.39 Å². The lowest BCUT2D eigenvalue weighted by atomic mass is 9.90. The van der Waals surface area contributed by atoms with Crippen molar-refractivity contribution in [2.75, 3.05) is 0 Å².